The van der Waals surface area contributed by atoms with Crippen molar-refractivity contribution in [2.45, 2.75) is 0 Å². The second-order valence-corrected chi connectivity index (χ2v) is 5.77. The zero-order valence-corrected chi connectivity index (χ0v) is 13.0. The zero-order chi connectivity index (χ0) is 15.6. The molecule has 1 aliphatic heterocycles. The molecule has 0 radical (unpaired) electrons. The van der Waals surface area contributed by atoms with Crippen molar-refractivity contribution in [3.63, 3.8) is 0 Å². The van der Waals surface area contributed by atoms with Crippen LogP contribution in [0.1, 0.15) is 0 Å². The number of benzene rings is 1. The number of nitrogen functional groups attached to an aromatic ring is 1. The third-order valence-corrected chi connectivity index (χ3v) is 3.77. The van der Waals surface area contributed by atoms with Gasteiger partial charge in [-0.2, -0.15) is 0 Å². The van der Waals surface area contributed by atoms with Gasteiger partial charge < -0.3 is 16.0 Å². The number of carbonyl (C=O) groups is 2. The van der Waals surface area contributed by atoms with Crippen LogP contribution in [0.25, 0.3) is 0 Å². The molecule has 1 fully saturated rings. The van der Waals surface area contributed by atoms with E-state index in [-0.39, 0.29) is 29.9 Å². The van der Waals surface area contributed by atoms with Crippen molar-refractivity contribution < 1.29 is 9.59 Å². The monoisotopic (exact) mass is 330 g/mol. The predicted octanol–water partition coefficient (Wildman–Crippen LogP) is 1.29. The van der Waals surface area contributed by atoms with Crippen LogP contribution in [0, 0.1) is 0 Å². The summed E-state index contributed by atoms with van der Waals surface area (Å²) in [4.78, 5) is 27.0. The summed E-state index contributed by atoms with van der Waals surface area (Å²) in [5.74, 6) is -0.277. The molecule has 1 heterocycles. The summed E-state index contributed by atoms with van der Waals surface area (Å²) in [6.07, 6.45) is 0. The Bertz CT molecular complexity index is 556. The van der Waals surface area contributed by atoms with Gasteiger partial charge in [0.25, 0.3) is 0 Å². The Hall–Kier alpha value is -1.50. The van der Waals surface area contributed by atoms with Gasteiger partial charge in [-0.25, -0.2) is 0 Å². The first kappa shape index (κ1) is 15.9. The first-order chi connectivity index (χ1) is 9.86. The third-order valence-electron chi connectivity index (χ3n) is 3.25. The number of anilines is 2. The van der Waals surface area contributed by atoms with Crippen molar-refractivity contribution >= 4 is 46.4 Å². The number of amides is 2. The highest BCUT2D eigenvalue weighted by Crippen LogP contribution is 2.31. The van der Waals surface area contributed by atoms with Crippen molar-refractivity contribution in [3.8, 4) is 0 Å². The van der Waals surface area contributed by atoms with Gasteiger partial charge in [0.2, 0.25) is 11.8 Å². The molecule has 1 saturated heterocycles. The Morgan fingerprint density at radius 1 is 1.38 bits per heavy atom. The fourth-order valence-corrected chi connectivity index (χ4v) is 2.61. The van der Waals surface area contributed by atoms with E-state index in [1.807, 2.05) is 0 Å². The lowest BCUT2D eigenvalue weighted by Gasteiger charge is -2.31. The van der Waals surface area contributed by atoms with Gasteiger partial charge in [0.15, 0.2) is 0 Å². The lowest BCUT2D eigenvalue weighted by molar-refractivity contribution is -0.135. The normalized spacial score (nSPS) is 16.1. The van der Waals surface area contributed by atoms with Gasteiger partial charge >= 0.3 is 0 Å². The van der Waals surface area contributed by atoms with Gasteiger partial charge in [-0.3, -0.25) is 14.5 Å². The smallest absolute Gasteiger partial charge is 0.238 e. The molecule has 6 nitrogen and oxygen atoms in total. The van der Waals surface area contributed by atoms with Gasteiger partial charge in [0.05, 0.1) is 29.5 Å². The maximum Gasteiger partial charge on any atom is 0.238 e. The summed E-state index contributed by atoms with van der Waals surface area (Å²) in [6, 6.07) is 3.02. The van der Waals surface area contributed by atoms with Crippen LogP contribution in [0.15, 0.2) is 12.1 Å². The van der Waals surface area contributed by atoms with Crippen LogP contribution in [0.2, 0.25) is 10.0 Å². The van der Waals surface area contributed by atoms with Gasteiger partial charge in [0, 0.05) is 25.2 Å². The lowest BCUT2D eigenvalue weighted by Crippen LogP contribution is -2.50. The van der Waals surface area contributed by atoms with Crippen LogP contribution in [0.3, 0.4) is 0 Å². The number of likely N-dealkylation sites (N-methyl/N-ethyl adjacent to an activating group) is 1. The maximum atomic E-state index is 12.0. The molecule has 8 heteroatoms. The van der Waals surface area contributed by atoms with E-state index in [0.717, 1.165) is 0 Å². The number of nitrogens with zero attached hydrogens (tertiary/aromatic N) is 2. The molecule has 1 aliphatic rings. The summed E-state index contributed by atoms with van der Waals surface area (Å²) in [7, 11) is 1.74. The van der Waals surface area contributed by atoms with Gasteiger partial charge in [-0.05, 0) is 12.1 Å². The number of halogens is 2. The second-order valence-electron chi connectivity index (χ2n) is 4.93. The number of piperazine rings is 1. The Labute approximate surface area is 132 Å². The van der Waals surface area contributed by atoms with E-state index in [1.54, 1.807) is 16.8 Å². The van der Waals surface area contributed by atoms with Gasteiger partial charge in [0.1, 0.15) is 0 Å². The first-order valence-electron chi connectivity index (χ1n) is 6.37. The molecule has 2 rings (SSSR count). The molecule has 0 aromatic heterocycles. The molecule has 0 atom stereocenters. The molecule has 114 valence electrons. The lowest BCUT2D eigenvalue weighted by atomic mass is 10.2. The quantitative estimate of drug-likeness (QED) is 0.818. The van der Waals surface area contributed by atoms with Crippen LogP contribution in [-0.2, 0) is 9.59 Å². The third kappa shape index (κ3) is 4.00. The van der Waals surface area contributed by atoms with Crippen molar-refractivity contribution in [1.82, 2.24) is 9.80 Å². The number of hydrogen-bond acceptors (Lipinski definition) is 4. The van der Waals surface area contributed by atoms with E-state index < -0.39 is 0 Å². The molecule has 0 aliphatic carbocycles. The predicted molar refractivity (Wildman–Crippen MR) is 83.6 cm³/mol. The van der Waals surface area contributed by atoms with Gasteiger partial charge in [-0.15, -0.1) is 0 Å². The molecule has 0 saturated carbocycles. The van der Waals surface area contributed by atoms with Crippen LogP contribution in [0.5, 0.6) is 0 Å². The minimum atomic E-state index is -0.275. The van der Waals surface area contributed by atoms with E-state index in [4.69, 9.17) is 28.9 Å². The molecule has 1 aromatic rings. The van der Waals surface area contributed by atoms with E-state index >= 15 is 0 Å². The van der Waals surface area contributed by atoms with Crippen LogP contribution < -0.4 is 11.1 Å². The number of nitrogens with one attached hydrogen (secondary N) is 1. The zero-order valence-electron chi connectivity index (χ0n) is 11.5. The van der Waals surface area contributed by atoms with E-state index in [1.165, 1.54) is 12.1 Å². The fourth-order valence-electron chi connectivity index (χ4n) is 2.05. The Morgan fingerprint density at radius 3 is 2.71 bits per heavy atom. The van der Waals surface area contributed by atoms with E-state index in [9.17, 15) is 9.59 Å². The number of nitrogens with two attached hydrogens (primary N) is 1. The van der Waals surface area contributed by atoms with E-state index in [2.05, 4.69) is 5.32 Å². The van der Waals surface area contributed by atoms with Crippen molar-refractivity contribution in [2.75, 3.05) is 44.3 Å². The average molecular weight is 331 g/mol. The highest BCUT2D eigenvalue weighted by molar-refractivity contribution is 6.37. The number of carbonyl (C=O) groups excluding carboxylic acids is 2. The average Bonchev–Trinajstić information content (AvgIpc) is 2.38. The van der Waals surface area contributed by atoms with E-state index in [0.29, 0.717) is 29.5 Å². The summed E-state index contributed by atoms with van der Waals surface area (Å²) < 4.78 is 0. The molecular formula is C13H16Cl2N4O2. The SMILES string of the molecule is CN1CCN(CC(=O)Nc2c(N)cc(Cl)cc2Cl)CC1=O. The molecular weight excluding hydrogens is 315 g/mol. The topological polar surface area (TPSA) is 78.7 Å². The molecule has 3 N–H and O–H groups in total. The van der Waals surface area contributed by atoms with Crippen molar-refractivity contribution in [1.29, 1.82) is 0 Å². The largest absolute Gasteiger partial charge is 0.397 e. The van der Waals surface area contributed by atoms with Crippen LogP contribution >= 0.6 is 23.2 Å². The Morgan fingerprint density at radius 2 is 2.10 bits per heavy atom. The second kappa shape index (κ2) is 6.51. The van der Waals surface area contributed by atoms with Gasteiger partial charge in [-0.1, -0.05) is 23.2 Å². The minimum Gasteiger partial charge on any atom is -0.397 e. The molecule has 2 amide bonds. The molecule has 0 spiro atoms. The Balaban J connectivity index is 1.98. The highest BCUT2D eigenvalue weighted by Gasteiger charge is 2.23. The minimum absolute atomic E-state index is 0.00177. The summed E-state index contributed by atoms with van der Waals surface area (Å²) in [5, 5.41) is 3.34. The molecule has 21 heavy (non-hydrogen) atoms. The Kier molecular flexibility index (Phi) is 4.92. The van der Waals surface area contributed by atoms with Crippen molar-refractivity contribution in [2.24, 2.45) is 0 Å². The number of hydrogen-bond donors (Lipinski definition) is 2. The fraction of sp³-hybridized carbons (Fsp3) is 0.385. The summed E-state index contributed by atoms with van der Waals surface area (Å²) in [5.41, 5.74) is 6.43. The standard InChI is InChI=1S/C13H16Cl2N4O2/c1-18-2-3-19(7-12(18)21)6-11(20)17-13-9(15)4-8(14)5-10(13)16/h4-5H,2-3,6-7,16H2,1H3,(H,17,20). The van der Waals surface area contributed by atoms with Crippen molar-refractivity contribution in [3.05, 3.63) is 22.2 Å². The number of rotatable bonds is 3. The molecule has 0 bridgehead atoms. The molecule has 0 unspecified atom stereocenters. The first-order valence-corrected chi connectivity index (χ1v) is 7.13. The van der Waals surface area contributed by atoms with Crippen LogP contribution in [-0.4, -0.2) is 54.8 Å². The maximum absolute atomic E-state index is 12.0. The highest BCUT2D eigenvalue weighted by atomic mass is 35.5. The van der Waals surface area contributed by atoms with Crippen LogP contribution in [0.4, 0.5) is 11.4 Å². The summed E-state index contributed by atoms with van der Waals surface area (Å²) >= 11 is 11.8. The molecule has 1 aromatic carbocycles. The summed E-state index contributed by atoms with van der Waals surface area (Å²) in [6.45, 7) is 1.60.